The molecule has 1 aromatic rings. The van der Waals surface area contributed by atoms with Gasteiger partial charge in [0.15, 0.2) is 0 Å². The van der Waals surface area contributed by atoms with E-state index in [1.165, 1.54) is 24.0 Å². The molecule has 1 aliphatic rings. The minimum atomic E-state index is -0.185. The van der Waals surface area contributed by atoms with Crippen molar-refractivity contribution in [3.63, 3.8) is 0 Å². The summed E-state index contributed by atoms with van der Waals surface area (Å²) in [6, 6.07) is 9.56. The summed E-state index contributed by atoms with van der Waals surface area (Å²) in [6.45, 7) is 4.91. The molecule has 1 fully saturated rings. The summed E-state index contributed by atoms with van der Waals surface area (Å²) in [5, 5.41) is 12.7. The second-order valence-electron chi connectivity index (χ2n) is 5.37. The van der Waals surface area contributed by atoms with Crippen LogP contribution in [0.3, 0.4) is 0 Å². The van der Waals surface area contributed by atoms with Gasteiger partial charge in [0.2, 0.25) is 0 Å². The van der Waals surface area contributed by atoms with Gasteiger partial charge in [-0.2, -0.15) is 0 Å². The van der Waals surface area contributed by atoms with Crippen LogP contribution in [0.5, 0.6) is 0 Å². The van der Waals surface area contributed by atoms with E-state index >= 15 is 0 Å². The van der Waals surface area contributed by atoms with Crippen LogP contribution in [0.2, 0.25) is 0 Å². The Morgan fingerprint density at radius 1 is 1.29 bits per heavy atom. The van der Waals surface area contributed by atoms with E-state index in [1.807, 2.05) is 6.92 Å². The molecule has 0 aliphatic heterocycles. The second kappa shape index (κ2) is 5.65. The number of hydrogen-bond acceptors (Lipinski definition) is 2. The fraction of sp³-hybridized carbons (Fsp3) is 0.600. The van der Waals surface area contributed by atoms with E-state index in [-0.39, 0.29) is 6.10 Å². The van der Waals surface area contributed by atoms with Gasteiger partial charge >= 0.3 is 0 Å². The molecule has 94 valence electrons. The number of rotatable bonds is 5. The average molecular weight is 233 g/mol. The third-order valence-corrected chi connectivity index (χ3v) is 3.68. The monoisotopic (exact) mass is 233 g/mol. The molecule has 2 heteroatoms. The Kier molecular flexibility index (Phi) is 4.19. The van der Waals surface area contributed by atoms with Crippen molar-refractivity contribution in [3.8, 4) is 0 Å². The normalized spacial score (nSPS) is 25.4. The maximum atomic E-state index is 9.17. The lowest BCUT2D eigenvalue weighted by molar-refractivity contribution is 0.177. The molecule has 1 unspecified atom stereocenters. The molecule has 17 heavy (non-hydrogen) atoms. The smallest absolute Gasteiger partial charge is 0.0524 e. The first-order valence-corrected chi connectivity index (χ1v) is 6.63. The highest BCUT2D eigenvalue weighted by Crippen LogP contribution is 2.36. The second-order valence-corrected chi connectivity index (χ2v) is 5.37. The van der Waals surface area contributed by atoms with Gasteiger partial charge in [0.05, 0.1) is 6.10 Å². The number of hydrogen-bond donors (Lipinski definition) is 2. The molecule has 0 spiro atoms. The van der Waals surface area contributed by atoms with Crippen molar-refractivity contribution in [1.29, 1.82) is 0 Å². The summed E-state index contributed by atoms with van der Waals surface area (Å²) in [5.74, 6) is 0.736. The molecule has 0 amide bonds. The van der Waals surface area contributed by atoms with Gasteiger partial charge in [0.1, 0.15) is 0 Å². The van der Waals surface area contributed by atoms with E-state index < -0.39 is 0 Å². The molecule has 2 N–H and O–H groups in total. The zero-order valence-electron chi connectivity index (χ0n) is 10.8. The Morgan fingerprint density at radius 3 is 2.53 bits per heavy atom. The first-order chi connectivity index (χ1) is 8.15. The van der Waals surface area contributed by atoms with Crippen molar-refractivity contribution in [2.24, 2.45) is 0 Å². The van der Waals surface area contributed by atoms with E-state index in [0.717, 1.165) is 18.9 Å². The minimum Gasteiger partial charge on any atom is -0.393 e. The molecule has 2 rings (SSSR count). The van der Waals surface area contributed by atoms with Crippen LogP contribution < -0.4 is 5.32 Å². The maximum Gasteiger partial charge on any atom is 0.0524 e. The highest BCUT2D eigenvalue weighted by atomic mass is 16.3. The lowest BCUT2D eigenvalue weighted by Crippen LogP contribution is -2.41. The van der Waals surface area contributed by atoms with Crippen molar-refractivity contribution in [2.45, 2.75) is 51.2 Å². The van der Waals surface area contributed by atoms with E-state index in [4.69, 9.17) is 0 Å². The summed E-state index contributed by atoms with van der Waals surface area (Å²) in [6.07, 6.45) is 3.15. The van der Waals surface area contributed by atoms with Crippen molar-refractivity contribution >= 4 is 0 Å². The molecular formula is C15H23NO. The molecule has 0 aromatic heterocycles. The van der Waals surface area contributed by atoms with E-state index in [0.29, 0.717) is 6.04 Å². The van der Waals surface area contributed by atoms with Crippen LogP contribution in [-0.2, 0) is 0 Å². The van der Waals surface area contributed by atoms with Gasteiger partial charge in [-0.3, -0.25) is 0 Å². The van der Waals surface area contributed by atoms with E-state index in [9.17, 15) is 5.11 Å². The first-order valence-electron chi connectivity index (χ1n) is 6.63. The molecule has 0 bridgehead atoms. The number of aliphatic hydroxyl groups excluding tert-OH is 1. The van der Waals surface area contributed by atoms with Crippen LogP contribution >= 0.6 is 0 Å². The van der Waals surface area contributed by atoms with Crippen LogP contribution in [0, 0.1) is 6.92 Å². The van der Waals surface area contributed by atoms with Gasteiger partial charge in [0, 0.05) is 6.04 Å². The lowest BCUT2D eigenvalue weighted by Gasteiger charge is -2.36. The quantitative estimate of drug-likeness (QED) is 0.819. The molecule has 2 nitrogen and oxygen atoms in total. The predicted octanol–water partition coefficient (Wildman–Crippen LogP) is 2.60. The summed E-state index contributed by atoms with van der Waals surface area (Å²) in [7, 11) is 0. The molecule has 1 aromatic carbocycles. The number of nitrogens with one attached hydrogen (secondary N) is 1. The zero-order chi connectivity index (χ0) is 12.3. The van der Waals surface area contributed by atoms with Crippen LogP contribution in [-0.4, -0.2) is 23.8 Å². The molecule has 0 saturated heterocycles. The molecule has 0 heterocycles. The largest absolute Gasteiger partial charge is 0.393 e. The fourth-order valence-electron chi connectivity index (χ4n) is 2.39. The topological polar surface area (TPSA) is 32.3 Å². The minimum absolute atomic E-state index is 0.185. The Hall–Kier alpha value is -0.860. The van der Waals surface area contributed by atoms with Gasteiger partial charge in [-0.15, -0.1) is 0 Å². The Balaban J connectivity index is 1.70. The zero-order valence-corrected chi connectivity index (χ0v) is 10.8. The molecule has 1 atom stereocenters. The standard InChI is InChI=1S/C15H23NO/c1-11-3-5-13(6-4-11)14-9-15(10-14)16-8-7-12(2)17/h3-6,12,14-17H,7-10H2,1-2H3. The molecular weight excluding hydrogens is 210 g/mol. The first kappa shape index (κ1) is 12.6. The third-order valence-electron chi connectivity index (χ3n) is 3.68. The third kappa shape index (κ3) is 3.55. The van der Waals surface area contributed by atoms with Crippen LogP contribution in [0.1, 0.15) is 43.2 Å². The maximum absolute atomic E-state index is 9.17. The summed E-state index contributed by atoms with van der Waals surface area (Å²) >= 11 is 0. The highest BCUT2D eigenvalue weighted by molar-refractivity contribution is 5.26. The number of benzene rings is 1. The van der Waals surface area contributed by atoms with Crippen molar-refractivity contribution < 1.29 is 5.11 Å². The highest BCUT2D eigenvalue weighted by Gasteiger charge is 2.29. The van der Waals surface area contributed by atoms with Crippen molar-refractivity contribution in [2.75, 3.05) is 6.54 Å². The van der Waals surface area contributed by atoms with E-state index in [1.54, 1.807) is 0 Å². The fourth-order valence-corrected chi connectivity index (χ4v) is 2.39. The van der Waals surface area contributed by atoms with Gasteiger partial charge in [0.25, 0.3) is 0 Å². The molecule has 0 radical (unpaired) electrons. The Morgan fingerprint density at radius 2 is 1.94 bits per heavy atom. The molecule has 1 aliphatic carbocycles. The number of aryl methyl sites for hydroxylation is 1. The Bertz CT molecular complexity index is 338. The van der Waals surface area contributed by atoms with Crippen LogP contribution in [0.15, 0.2) is 24.3 Å². The average Bonchev–Trinajstić information content (AvgIpc) is 2.23. The van der Waals surface area contributed by atoms with Crippen LogP contribution in [0.4, 0.5) is 0 Å². The number of aliphatic hydroxyl groups is 1. The van der Waals surface area contributed by atoms with Gasteiger partial charge < -0.3 is 10.4 Å². The summed E-state index contributed by atoms with van der Waals surface area (Å²) < 4.78 is 0. The van der Waals surface area contributed by atoms with Crippen LogP contribution in [0.25, 0.3) is 0 Å². The van der Waals surface area contributed by atoms with Gasteiger partial charge in [-0.25, -0.2) is 0 Å². The lowest BCUT2D eigenvalue weighted by atomic mass is 9.76. The van der Waals surface area contributed by atoms with Crippen molar-refractivity contribution in [1.82, 2.24) is 5.32 Å². The van der Waals surface area contributed by atoms with E-state index in [2.05, 4.69) is 36.5 Å². The summed E-state index contributed by atoms with van der Waals surface area (Å²) in [4.78, 5) is 0. The molecule has 1 saturated carbocycles. The Labute approximate surface area is 104 Å². The SMILES string of the molecule is Cc1ccc(C2CC(NCCC(C)O)C2)cc1. The van der Waals surface area contributed by atoms with Gasteiger partial charge in [-0.05, 0) is 51.1 Å². The summed E-state index contributed by atoms with van der Waals surface area (Å²) in [5.41, 5.74) is 2.81. The van der Waals surface area contributed by atoms with Crippen molar-refractivity contribution in [3.05, 3.63) is 35.4 Å². The predicted molar refractivity (Wildman–Crippen MR) is 71.2 cm³/mol. The van der Waals surface area contributed by atoms with Gasteiger partial charge in [-0.1, -0.05) is 29.8 Å².